The quantitative estimate of drug-likeness (QED) is 0.756. The summed E-state index contributed by atoms with van der Waals surface area (Å²) in [6.45, 7) is 2.47. The van der Waals surface area contributed by atoms with Crippen molar-refractivity contribution in [2.75, 3.05) is 31.3 Å². The first-order chi connectivity index (χ1) is 9.06. The Morgan fingerprint density at radius 3 is 2.16 bits per heavy atom. The molecule has 0 spiro atoms. The summed E-state index contributed by atoms with van der Waals surface area (Å²) in [6, 6.07) is 6.81. The third-order valence-electron chi connectivity index (χ3n) is 2.54. The van der Waals surface area contributed by atoms with E-state index >= 15 is 0 Å². The first-order valence-corrected chi connectivity index (χ1v) is 5.97. The minimum atomic E-state index is -0.528. The fourth-order valence-electron chi connectivity index (χ4n) is 1.47. The third kappa shape index (κ3) is 4.97. The van der Waals surface area contributed by atoms with E-state index in [-0.39, 0.29) is 11.8 Å². The molecule has 19 heavy (non-hydrogen) atoms. The van der Waals surface area contributed by atoms with Gasteiger partial charge in [-0.25, -0.2) is 4.79 Å². The maximum atomic E-state index is 11.8. The minimum Gasteiger partial charge on any atom is -0.453 e. The number of carbonyl (C=O) groups excluding carboxylic acids is 2. The number of benzene rings is 1. The number of amides is 2. The first-order valence-electron chi connectivity index (χ1n) is 5.97. The smallest absolute Gasteiger partial charge is 0.411 e. The Morgan fingerprint density at radius 2 is 1.68 bits per heavy atom. The maximum Gasteiger partial charge on any atom is 0.411 e. The molecule has 0 fully saturated rings. The van der Waals surface area contributed by atoms with Gasteiger partial charge in [0, 0.05) is 23.8 Å². The van der Waals surface area contributed by atoms with E-state index in [1.807, 2.05) is 6.92 Å². The number of carbonyl (C=O) groups is 2. The highest BCUT2D eigenvalue weighted by Crippen LogP contribution is 2.14. The lowest BCUT2D eigenvalue weighted by Crippen LogP contribution is -2.28. The van der Waals surface area contributed by atoms with E-state index in [0.717, 1.165) is 0 Å². The SMILES string of the molecule is CNCC(C)C(=O)Nc1ccc(NC(=O)OC)cc1. The molecular formula is C13H19N3O3. The van der Waals surface area contributed by atoms with E-state index in [9.17, 15) is 9.59 Å². The van der Waals surface area contributed by atoms with Gasteiger partial charge in [0.2, 0.25) is 5.91 Å². The molecule has 0 heterocycles. The van der Waals surface area contributed by atoms with Crippen molar-refractivity contribution in [3.05, 3.63) is 24.3 Å². The molecule has 0 aromatic heterocycles. The third-order valence-corrected chi connectivity index (χ3v) is 2.54. The van der Waals surface area contributed by atoms with Gasteiger partial charge in [0.15, 0.2) is 0 Å². The molecule has 0 saturated heterocycles. The maximum absolute atomic E-state index is 11.8. The van der Waals surface area contributed by atoms with Gasteiger partial charge < -0.3 is 15.4 Å². The van der Waals surface area contributed by atoms with Crippen molar-refractivity contribution < 1.29 is 14.3 Å². The molecule has 1 atom stereocenters. The van der Waals surface area contributed by atoms with Crippen LogP contribution in [0, 0.1) is 5.92 Å². The summed E-state index contributed by atoms with van der Waals surface area (Å²) >= 11 is 0. The second-order valence-corrected chi connectivity index (χ2v) is 4.14. The van der Waals surface area contributed by atoms with Crippen LogP contribution in [0.3, 0.4) is 0 Å². The standard InChI is InChI=1S/C13H19N3O3/c1-9(8-14-2)12(17)15-10-4-6-11(7-5-10)16-13(18)19-3/h4-7,9,14H,8H2,1-3H3,(H,15,17)(H,16,18). The van der Waals surface area contributed by atoms with Gasteiger partial charge in [-0.3, -0.25) is 10.1 Å². The normalized spacial score (nSPS) is 11.5. The van der Waals surface area contributed by atoms with Crippen LogP contribution in [0.1, 0.15) is 6.92 Å². The van der Waals surface area contributed by atoms with E-state index in [1.54, 1.807) is 31.3 Å². The Kier molecular flexibility index (Phi) is 5.81. The highest BCUT2D eigenvalue weighted by molar-refractivity contribution is 5.93. The Balaban J connectivity index is 2.57. The Morgan fingerprint density at radius 1 is 1.16 bits per heavy atom. The van der Waals surface area contributed by atoms with Gasteiger partial charge in [0.05, 0.1) is 7.11 Å². The van der Waals surface area contributed by atoms with E-state index in [0.29, 0.717) is 17.9 Å². The van der Waals surface area contributed by atoms with Crippen molar-refractivity contribution in [3.8, 4) is 0 Å². The van der Waals surface area contributed by atoms with Crippen molar-refractivity contribution in [1.29, 1.82) is 0 Å². The van der Waals surface area contributed by atoms with Crippen LogP contribution in [0.2, 0.25) is 0 Å². The van der Waals surface area contributed by atoms with Crippen LogP contribution in [-0.2, 0) is 9.53 Å². The molecule has 1 aromatic rings. The zero-order valence-corrected chi connectivity index (χ0v) is 11.3. The number of hydrogen-bond acceptors (Lipinski definition) is 4. The van der Waals surface area contributed by atoms with Crippen molar-refractivity contribution in [1.82, 2.24) is 5.32 Å². The second-order valence-electron chi connectivity index (χ2n) is 4.14. The number of rotatable bonds is 5. The van der Waals surface area contributed by atoms with Crippen LogP contribution < -0.4 is 16.0 Å². The van der Waals surface area contributed by atoms with Crippen LogP contribution >= 0.6 is 0 Å². The number of nitrogens with one attached hydrogen (secondary N) is 3. The van der Waals surface area contributed by atoms with Crippen LogP contribution in [0.5, 0.6) is 0 Å². The lowest BCUT2D eigenvalue weighted by molar-refractivity contribution is -0.119. The lowest BCUT2D eigenvalue weighted by Gasteiger charge is -2.12. The average Bonchev–Trinajstić information content (AvgIpc) is 2.41. The van der Waals surface area contributed by atoms with Crippen LogP contribution in [0.15, 0.2) is 24.3 Å². The Hall–Kier alpha value is -2.08. The summed E-state index contributed by atoms with van der Waals surface area (Å²) in [7, 11) is 3.10. The van der Waals surface area contributed by atoms with Crippen LogP contribution in [-0.4, -0.2) is 32.7 Å². The molecule has 0 bridgehead atoms. The summed E-state index contributed by atoms with van der Waals surface area (Å²) < 4.78 is 4.48. The van der Waals surface area contributed by atoms with Crippen LogP contribution in [0.4, 0.5) is 16.2 Å². The molecule has 104 valence electrons. The van der Waals surface area contributed by atoms with Gasteiger partial charge in [-0.2, -0.15) is 0 Å². The molecule has 2 amide bonds. The van der Waals surface area contributed by atoms with E-state index < -0.39 is 6.09 Å². The molecule has 1 rings (SSSR count). The number of ether oxygens (including phenoxy) is 1. The van der Waals surface area contributed by atoms with Gasteiger partial charge in [-0.1, -0.05) is 6.92 Å². The Labute approximate surface area is 112 Å². The highest BCUT2D eigenvalue weighted by atomic mass is 16.5. The fourth-order valence-corrected chi connectivity index (χ4v) is 1.47. The fraction of sp³-hybridized carbons (Fsp3) is 0.385. The van der Waals surface area contributed by atoms with Gasteiger partial charge in [0.25, 0.3) is 0 Å². The highest BCUT2D eigenvalue weighted by Gasteiger charge is 2.11. The summed E-state index contributed by atoms with van der Waals surface area (Å²) in [5.74, 6) is -0.166. The molecule has 0 saturated carbocycles. The predicted octanol–water partition coefficient (Wildman–Crippen LogP) is 1.66. The van der Waals surface area contributed by atoms with Gasteiger partial charge in [0.1, 0.15) is 0 Å². The first kappa shape index (κ1) is 15.0. The van der Waals surface area contributed by atoms with Crippen molar-refractivity contribution in [2.24, 2.45) is 5.92 Å². The van der Waals surface area contributed by atoms with E-state index in [4.69, 9.17) is 0 Å². The molecule has 0 radical (unpaired) electrons. The van der Waals surface area contributed by atoms with E-state index in [1.165, 1.54) is 7.11 Å². The van der Waals surface area contributed by atoms with Crippen LogP contribution in [0.25, 0.3) is 0 Å². The molecule has 1 aromatic carbocycles. The zero-order chi connectivity index (χ0) is 14.3. The molecule has 0 aliphatic rings. The van der Waals surface area contributed by atoms with Crippen molar-refractivity contribution in [2.45, 2.75) is 6.92 Å². The molecular weight excluding hydrogens is 246 g/mol. The molecule has 1 unspecified atom stereocenters. The topological polar surface area (TPSA) is 79.5 Å². The van der Waals surface area contributed by atoms with Crippen molar-refractivity contribution in [3.63, 3.8) is 0 Å². The number of methoxy groups -OCH3 is 1. The molecule has 6 nitrogen and oxygen atoms in total. The summed E-state index contributed by atoms with van der Waals surface area (Å²) in [5.41, 5.74) is 1.29. The van der Waals surface area contributed by atoms with E-state index in [2.05, 4.69) is 20.7 Å². The average molecular weight is 265 g/mol. The van der Waals surface area contributed by atoms with Crippen molar-refractivity contribution >= 4 is 23.4 Å². The molecule has 0 aliphatic carbocycles. The summed E-state index contributed by atoms with van der Waals surface area (Å²) in [5, 5.41) is 8.28. The zero-order valence-electron chi connectivity index (χ0n) is 11.3. The monoisotopic (exact) mass is 265 g/mol. The summed E-state index contributed by atoms with van der Waals surface area (Å²) in [6.07, 6.45) is -0.528. The summed E-state index contributed by atoms with van der Waals surface area (Å²) in [4.78, 5) is 22.8. The second kappa shape index (κ2) is 7.38. The Bertz CT molecular complexity index is 431. The van der Waals surface area contributed by atoms with Gasteiger partial charge in [-0.05, 0) is 31.3 Å². The number of hydrogen-bond donors (Lipinski definition) is 3. The molecule has 0 aliphatic heterocycles. The minimum absolute atomic E-state index is 0.0528. The van der Waals surface area contributed by atoms with Gasteiger partial charge in [-0.15, -0.1) is 0 Å². The largest absolute Gasteiger partial charge is 0.453 e. The predicted molar refractivity (Wildman–Crippen MR) is 74.2 cm³/mol. The lowest BCUT2D eigenvalue weighted by atomic mass is 10.1. The number of anilines is 2. The van der Waals surface area contributed by atoms with Gasteiger partial charge >= 0.3 is 6.09 Å². The molecule has 6 heteroatoms. The molecule has 3 N–H and O–H groups in total.